The highest BCUT2D eigenvalue weighted by molar-refractivity contribution is 7.18. The van der Waals surface area contributed by atoms with E-state index in [0.29, 0.717) is 16.8 Å². The normalized spacial score (nSPS) is 11.0. The Bertz CT molecular complexity index is 1330. The van der Waals surface area contributed by atoms with Gasteiger partial charge in [-0.1, -0.05) is 18.2 Å². The van der Waals surface area contributed by atoms with Crippen LogP contribution >= 0.6 is 11.3 Å². The molecule has 4 rings (SSSR count). The third kappa shape index (κ3) is 4.86. The molecule has 0 spiro atoms. The topological polar surface area (TPSA) is 73.2 Å². The number of aryl methyl sites for hydroxylation is 3. The quantitative estimate of drug-likeness (QED) is 0.437. The van der Waals surface area contributed by atoms with Crippen LogP contribution in [-0.2, 0) is 17.9 Å². The highest BCUT2D eigenvalue weighted by atomic mass is 32.1. The summed E-state index contributed by atoms with van der Waals surface area (Å²) in [6.45, 7) is 4.41. The van der Waals surface area contributed by atoms with Crippen LogP contribution in [-0.4, -0.2) is 15.5 Å². The summed E-state index contributed by atoms with van der Waals surface area (Å²) in [6.07, 6.45) is 1.63. The molecule has 0 fully saturated rings. The summed E-state index contributed by atoms with van der Waals surface area (Å²) in [5.74, 6) is 0.0733. The summed E-state index contributed by atoms with van der Waals surface area (Å²) >= 11 is 1.50. The maximum atomic E-state index is 13.0. The zero-order valence-electron chi connectivity index (χ0n) is 17.7. The van der Waals surface area contributed by atoms with Crippen molar-refractivity contribution in [3.63, 3.8) is 0 Å². The number of carbonyl (C=O) groups is 1. The Balaban J connectivity index is 1.36. The molecule has 2 aromatic carbocycles. The second-order valence-electron chi connectivity index (χ2n) is 7.45. The number of anilines is 1. The number of amides is 1. The molecule has 1 N–H and O–H groups in total. The number of benzene rings is 2. The fourth-order valence-corrected chi connectivity index (χ4v) is 4.27. The van der Waals surface area contributed by atoms with E-state index in [2.05, 4.69) is 10.3 Å². The summed E-state index contributed by atoms with van der Waals surface area (Å²) in [6, 6.07) is 13.1. The highest BCUT2D eigenvalue weighted by Gasteiger charge is 2.13. The molecule has 0 unspecified atom stereocenters. The molecule has 32 heavy (non-hydrogen) atoms. The lowest BCUT2D eigenvalue weighted by Gasteiger charge is -2.10. The summed E-state index contributed by atoms with van der Waals surface area (Å²) in [4.78, 5) is 31.3. The second kappa shape index (κ2) is 9.32. The molecule has 4 aromatic rings. The number of thiophene rings is 1. The zero-order chi connectivity index (χ0) is 22.7. The van der Waals surface area contributed by atoms with Gasteiger partial charge in [-0.15, -0.1) is 11.3 Å². The van der Waals surface area contributed by atoms with E-state index in [1.165, 1.54) is 34.4 Å². The first kappa shape index (κ1) is 21.7. The van der Waals surface area contributed by atoms with Gasteiger partial charge in [0.1, 0.15) is 23.0 Å². The van der Waals surface area contributed by atoms with Crippen molar-refractivity contribution in [1.82, 2.24) is 9.55 Å². The minimum absolute atomic E-state index is 0.124. The Morgan fingerprint density at radius 2 is 1.97 bits per heavy atom. The number of hydrogen-bond donors (Lipinski definition) is 1. The molecular weight excluding hydrogens is 429 g/mol. The van der Waals surface area contributed by atoms with Gasteiger partial charge in [-0.05, 0) is 49.2 Å². The third-order valence-corrected chi connectivity index (χ3v) is 6.29. The standard InChI is InChI=1S/C24H22FN3O3S/c1-15-16(2)32-23-22(15)24(30)28(14-26-23)11-10-21(29)27-19-4-3-5-20(12-19)31-13-17-6-8-18(25)9-7-17/h3-9,12,14H,10-11,13H2,1-2H3,(H,27,29). The Labute approximate surface area is 188 Å². The minimum atomic E-state index is -0.294. The first-order valence-corrected chi connectivity index (χ1v) is 10.9. The lowest BCUT2D eigenvalue weighted by Crippen LogP contribution is -2.23. The number of hydrogen-bond acceptors (Lipinski definition) is 5. The van der Waals surface area contributed by atoms with Crippen molar-refractivity contribution in [1.29, 1.82) is 0 Å². The lowest BCUT2D eigenvalue weighted by molar-refractivity contribution is -0.116. The Morgan fingerprint density at radius 3 is 2.75 bits per heavy atom. The van der Waals surface area contributed by atoms with E-state index < -0.39 is 0 Å². The van der Waals surface area contributed by atoms with Gasteiger partial charge < -0.3 is 10.1 Å². The molecule has 8 heteroatoms. The Kier molecular flexibility index (Phi) is 6.32. The Morgan fingerprint density at radius 1 is 1.19 bits per heavy atom. The summed E-state index contributed by atoms with van der Waals surface area (Å²) in [5, 5.41) is 3.45. The molecule has 1 amide bonds. The van der Waals surface area contributed by atoms with E-state index >= 15 is 0 Å². The van der Waals surface area contributed by atoms with Gasteiger partial charge >= 0.3 is 0 Å². The minimum Gasteiger partial charge on any atom is -0.489 e. The van der Waals surface area contributed by atoms with Crippen LogP contribution in [0.15, 0.2) is 59.7 Å². The summed E-state index contributed by atoms with van der Waals surface area (Å²) in [5.41, 5.74) is 2.25. The van der Waals surface area contributed by atoms with Crippen molar-refractivity contribution in [3.05, 3.63) is 87.0 Å². The number of carbonyl (C=O) groups excluding carboxylic acids is 1. The van der Waals surface area contributed by atoms with Gasteiger partial charge in [0.2, 0.25) is 5.91 Å². The predicted molar refractivity (Wildman–Crippen MR) is 124 cm³/mol. The van der Waals surface area contributed by atoms with Crippen molar-refractivity contribution >= 4 is 33.1 Å². The van der Waals surface area contributed by atoms with E-state index in [0.717, 1.165) is 20.8 Å². The van der Waals surface area contributed by atoms with Crippen LogP contribution in [0.25, 0.3) is 10.2 Å². The van der Waals surface area contributed by atoms with Crippen LogP contribution in [0.1, 0.15) is 22.4 Å². The SMILES string of the molecule is Cc1sc2ncn(CCC(=O)Nc3cccc(OCc4ccc(F)cc4)c3)c(=O)c2c1C. The van der Waals surface area contributed by atoms with E-state index in [1.54, 1.807) is 36.4 Å². The number of ether oxygens (including phenoxy) is 1. The molecule has 0 radical (unpaired) electrons. The number of nitrogens with zero attached hydrogens (tertiary/aromatic N) is 2. The van der Waals surface area contributed by atoms with Gasteiger partial charge in [0.25, 0.3) is 5.56 Å². The Hall–Kier alpha value is -3.52. The van der Waals surface area contributed by atoms with Crippen molar-refractivity contribution in [3.8, 4) is 5.75 Å². The van der Waals surface area contributed by atoms with Crippen LogP contribution in [0, 0.1) is 19.7 Å². The number of aromatic nitrogens is 2. The molecule has 0 bridgehead atoms. The lowest BCUT2D eigenvalue weighted by atomic mass is 10.2. The molecule has 0 aliphatic rings. The maximum absolute atomic E-state index is 13.0. The number of nitrogens with one attached hydrogen (secondary N) is 1. The van der Waals surface area contributed by atoms with Gasteiger partial charge in [-0.3, -0.25) is 14.2 Å². The van der Waals surface area contributed by atoms with Crippen LogP contribution in [0.5, 0.6) is 5.75 Å². The molecule has 0 aliphatic heterocycles. The number of halogens is 1. The predicted octanol–water partition coefficient (Wildman–Crippen LogP) is 4.82. The fourth-order valence-electron chi connectivity index (χ4n) is 3.29. The second-order valence-corrected chi connectivity index (χ2v) is 8.65. The molecular formula is C24H22FN3O3S. The van der Waals surface area contributed by atoms with Crippen molar-refractivity contribution in [2.45, 2.75) is 33.4 Å². The summed E-state index contributed by atoms with van der Waals surface area (Å²) in [7, 11) is 0. The number of fused-ring (bicyclic) bond motifs is 1. The van der Waals surface area contributed by atoms with E-state index in [1.807, 2.05) is 13.8 Å². The van der Waals surface area contributed by atoms with E-state index in [9.17, 15) is 14.0 Å². The molecule has 2 heterocycles. The highest BCUT2D eigenvalue weighted by Crippen LogP contribution is 2.25. The molecule has 0 saturated carbocycles. The monoisotopic (exact) mass is 451 g/mol. The maximum Gasteiger partial charge on any atom is 0.262 e. The third-order valence-electron chi connectivity index (χ3n) is 5.17. The summed E-state index contributed by atoms with van der Waals surface area (Å²) < 4.78 is 20.2. The molecule has 2 aromatic heterocycles. The van der Waals surface area contributed by atoms with Gasteiger partial charge in [0.15, 0.2) is 0 Å². The van der Waals surface area contributed by atoms with Gasteiger partial charge in [-0.2, -0.15) is 0 Å². The molecule has 6 nitrogen and oxygen atoms in total. The smallest absolute Gasteiger partial charge is 0.262 e. The van der Waals surface area contributed by atoms with Crippen molar-refractivity contribution in [2.24, 2.45) is 0 Å². The van der Waals surface area contributed by atoms with E-state index in [4.69, 9.17) is 4.74 Å². The molecule has 0 atom stereocenters. The van der Waals surface area contributed by atoms with Crippen LogP contribution in [0.4, 0.5) is 10.1 Å². The van der Waals surface area contributed by atoms with Gasteiger partial charge in [0, 0.05) is 29.6 Å². The average Bonchev–Trinajstić information content (AvgIpc) is 3.07. The fraction of sp³-hybridized carbons (Fsp3) is 0.208. The van der Waals surface area contributed by atoms with Crippen LogP contribution in [0.2, 0.25) is 0 Å². The largest absolute Gasteiger partial charge is 0.489 e. The van der Waals surface area contributed by atoms with Crippen molar-refractivity contribution in [2.75, 3.05) is 5.32 Å². The first-order chi connectivity index (χ1) is 15.4. The molecule has 0 aliphatic carbocycles. The van der Waals surface area contributed by atoms with Gasteiger partial charge in [-0.25, -0.2) is 9.37 Å². The first-order valence-electron chi connectivity index (χ1n) is 10.1. The molecule has 164 valence electrons. The van der Waals surface area contributed by atoms with Crippen LogP contribution in [0.3, 0.4) is 0 Å². The van der Waals surface area contributed by atoms with Crippen molar-refractivity contribution < 1.29 is 13.9 Å². The van der Waals surface area contributed by atoms with Crippen LogP contribution < -0.4 is 15.6 Å². The van der Waals surface area contributed by atoms with E-state index in [-0.39, 0.29) is 36.9 Å². The zero-order valence-corrected chi connectivity index (χ0v) is 18.5. The average molecular weight is 452 g/mol. The number of rotatable bonds is 7. The van der Waals surface area contributed by atoms with Gasteiger partial charge in [0.05, 0.1) is 11.7 Å². The molecule has 0 saturated heterocycles.